The first kappa shape index (κ1) is 20.9. The number of nitrogens with zero attached hydrogens (tertiary/aromatic N) is 3. The van der Waals surface area contributed by atoms with E-state index >= 15 is 0 Å². The molecule has 0 fully saturated rings. The highest BCUT2D eigenvalue weighted by molar-refractivity contribution is 7.99. The fourth-order valence-electron chi connectivity index (χ4n) is 2.83. The van der Waals surface area contributed by atoms with Gasteiger partial charge in [-0.2, -0.15) is 0 Å². The first-order valence-corrected chi connectivity index (χ1v) is 11.7. The van der Waals surface area contributed by atoms with E-state index in [1.165, 1.54) is 36.2 Å². The van der Waals surface area contributed by atoms with Crippen LogP contribution in [0.4, 0.5) is 5.69 Å². The highest BCUT2D eigenvalue weighted by Gasteiger charge is 2.22. The lowest BCUT2D eigenvalue weighted by molar-refractivity contribution is 0.0996. The van der Waals surface area contributed by atoms with Gasteiger partial charge in [0.25, 0.3) is 5.91 Å². The third kappa shape index (κ3) is 4.86. The summed E-state index contributed by atoms with van der Waals surface area (Å²) in [6, 6.07) is 16.8. The third-order valence-corrected chi connectivity index (χ3v) is 7.13. The van der Waals surface area contributed by atoms with Gasteiger partial charge in [0.1, 0.15) is 6.33 Å². The molecular weight excluding hydrogens is 436 g/mol. The van der Waals surface area contributed by atoms with Crippen molar-refractivity contribution >= 4 is 33.2 Å². The minimum Gasteiger partial charge on any atom is -0.459 e. The largest absolute Gasteiger partial charge is 0.459 e. The number of carbonyl (C=O) groups is 1. The Hall–Kier alpha value is -3.37. The molecule has 158 valence electrons. The summed E-state index contributed by atoms with van der Waals surface area (Å²) in [5.74, 6) is -0.877. The van der Waals surface area contributed by atoms with Crippen LogP contribution in [0.25, 0.3) is 0 Å². The summed E-state index contributed by atoms with van der Waals surface area (Å²) in [6.45, 7) is 0. The molecule has 0 unspecified atom stereocenters. The molecule has 0 aliphatic rings. The van der Waals surface area contributed by atoms with E-state index in [2.05, 4.69) is 15.5 Å². The minimum absolute atomic E-state index is 0.0305. The summed E-state index contributed by atoms with van der Waals surface area (Å²) in [7, 11) is -1.74. The van der Waals surface area contributed by atoms with E-state index in [4.69, 9.17) is 4.42 Å². The van der Waals surface area contributed by atoms with Crippen molar-refractivity contribution in [1.29, 1.82) is 0 Å². The number of nitrogens with one attached hydrogen (secondary N) is 1. The van der Waals surface area contributed by atoms with E-state index in [0.717, 1.165) is 10.1 Å². The smallest absolute Gasteiger partial charge is 0.291 e. The number of anilines is 1. The molecule has 2 aromatic carbocycles. The van der Waals surface area contributed by atoms with Gasteiger partial charge in [0, 0.05) is 23.2 Å². The summed E-state index contributed by atoms with van der Waals surface area (Å²) in [6.07, 6.45) is 2.93. The number of aryl methyl sites for hydroxylation is 1. The lowest BCUT2D eigenvalue weighted by Crippen LogP contribution is -2.14. The number of furan rings is 1. The number of hydrogen-bond acceptors (Lipinski definition) is 7. The van der Waals surface area contributed by atoms with E-state index in [1.54, 1.807) is 36.7 Å². The van der Waals surface area contributed by atoms with E-state index in [0.29, 0.717) is 11.3 Å². The van der Waals surface area contributed by atoms with Crippen LogP contribution >= 0.6 is 11.8 Å². The van der Waals surface area contributed by atoms with Crippen LogP contribution < -0.4 is 5.32 Å². The van der Waals surface area contributed by atoms with Gasteiger partial charge in [0.15, 0.2) is 20.8 Å². The van der Waals surface area contributed by atoms with Crippen LogP contribution in [-0.2, 0) is 22.6 Å². The predicted molar refractivity (Wildman–Crippen MR) is 116 cm³/mol. The van der Waals surface area contributed by atoms with Gasteiger partial charge in [-0.1, -0.05) is 18.2 Å². The Bertz CT molecular complexity index is 1300. The highest BCUT2D eigenvalue weighted by Crippen LogP contribution is 2.27. The van der Waals surface area contributed by atoms with E-state index in [9.17, 15) is 13.2 Å². The Morgan fingerprint density at radius 3 is 2.52 bits per heavy atom. The zero-order valence-electron chi connectivity index (χ0n) is 16.4. The summed E-state index contributed by atoms with van der Waals surface area (Å²) in [5.41, 5.74) is 0.858. The molecule has 1 amide bonds. The summed E-state index contributed by atoms with van der Waals surface area (Å²) in [4.78, 5) is 13.8. The first-order chi connectivity index (χ1) is 14.9. The molecule has 2 heterocycles. The van der Waals surface area contributed by atoms with Crippen molar-refractivity contribution in [3.63, 3.8) is 0 Å². The van der Waals surface area contributed by atoms with Gasteiger partial charge in [-0.25, -0.2) is 8.42 Å². The number of benzene rings is 2. The average molecular weight is 455 g/mol. The summed E-state index contributed by atoms with van der Waals surface area (Å²) >= 11 is 1.44. The van der Waals surface area contributed by atoms with Crippen LogP contribution in [0.3, 0.4) is 0 Å². The van der Waals surface area contributed by atoms with Crippen molar-refractivity contribution in [1.82, 2.24) is 14.8 Å². The second-order valence-corrected chi connectivity index (χ2v) is 9.68. The zero-order valence-corrected chi connectivity index (χ0v) is 18.1. The number of aromatic nitrogens is 3. The van der Waals surface area contributed by atoms with Crippen molar-refractivity contribution in [2.45, 2.75) is 20.7 Å². The fourth-order valence-corrected chi connectivity index (χ4v) is 4.97. The maximum Gasteiger partial charge on any atom is 0.291 e. The van der Waals surface area contributed by atoms with Crippen LogP contribution in [0.2, 0.25) is 0 Å². The van der Waals surface area contributed by atoms with Crippen LogP contribution in [0.1, 0.15) is 16.1 Å². The number of carbonyl (C=O) groups excluding carboxylic acids is 1. The number of sulfone groups is 1. The number of hydrogen-bond donors (Lipinski definition) is 1. The Balaban J connectivity index is 1.45. The molecule has 0 aliphatic heterocycles. The van der Waals surface area contributed by atoms with Crippen molar-refractivity contribution in [2.75, 3.05) is 5.32 Å². The predicted octanol–water partition coefficient (Wildman–Crippen LogP) is 3.79. The van der Waals surface area contributed by atoms with Crippen LogP contribution in [0, 0.1) is 0 Å². The molecule has 8 nitrogen and oxygen atoms in total. The molecule has 0 bridgehead atoms. The molecule has 2 aromatic heterocycles. The van der Waals surface area contributed by atoms with Crippen LogP contribution in [0.15, 0.2) is 92.6 Å². The maximum absolute atomic E-state index is 12.7. The molecule has 31 heavy (non-hydrogen) atoms. The molecule has 0 spiro atoms. The van der Waals surface area contributed by atoms with Gasteiger partial charge >= 0.3 is 0 Å². The van der Waals surface area contributed by atoms with E-state index < -0.39 is 15.7 Å². The Morgan fingerprint density at radius 1 is 1.10 bits per heavy atom. The summed E-state index contributed by atoms with van der Waals surface area (Å²) < 4.78 is 32.4. The summed E-state index contributed by atoms with van der Waals surface area (Å²) in [5, 5.41) is 11.3. The van der Waals surface area contributed by atoms with Crippen molar-refractivity contribution in [3.8, 4) is 0 Å². The second kappa shape index (κ2) is 8.78. The zero-order chi connectivity index (χ0) is 21.8. The molecule has 0 atom stereocenters. The van der Waals surface area contributed by atoms with Crippen molar-refractivity contribution in [3.05, 3.63) is 84.6 Å². The fraction of sp³-hybridized carbons (Fsp3) is 0.0952. The lowest BCUT2D eigenvalue weighted by Gasteiger charge is -2.07. The Morgan fingerprint density at radius 2 is 1.84 bits per heavy atom. The van der Waals surface area contributed by atoms with E-state index in [1.807, 2.05) is 23.7 Å². The molecule has 0 saturated heterocycles. The van der Waals surface area contributed by atoms with Crippen LogP contribution in [0.5, 0.6) is 0 Å². The molecule has 4 rings (SSSR count). The molecule has 0 saturated carbocycles. The molecule has 10 heteroatoms. The number of amides is 1. The van der Waals surface area contributed by atoms with Crippen LogP contribution in [-0.4, -0.2) is 29.1 Å². The minimum atomic E-state index is -3.60. The number of rotatable bonds is 7. The van der Waals surface area contributed by atoms with Crippen molar-refractivity contribution < 1.29 is 17.6 Å². The maximum atomic E-state index is 12.7. The van der Waals surface area contributed by atoms with Gasteiger partial charge in [0.05, 0.1) is 16.9 Å². The van der Waals surface area contributed by atoms with Gasteiger partial charge in [0.2, 0.25) is 0 Å². The topological polar surface area (TPSA) is 107 Å². The second-order valence-electron chi connectivity index (χ2n) is 6.65. The third-order valence-electron chi connectivity index (χ3n) is 4.39. The molecule has 0 aliphatic carbocycles. The normalized spacial score (nSPS) is 11.4. The van der Waals surface area contributed by atoms with Gasteiger partial charge in [-0.05, 0) is 54.2 Å². The standard InChI is InChI=1S/C21H18N4O4S2/c1-25-14-22-24-21(25)30-17-9-7-16(8-10-17)23-20(26)19-15(11-12-29-19)13-31(27,28)18-5-3-2-4-6-18/h2-12,14H,13H2,1H3,(H,23,26). The Labute approximate surface area is 183 Å². The van der Waals surface area contributed by atoms with E-state index in [-0.39, 0.29) is 16.4 Å². The van der Waals surface area contributed by atoms with Gasteiger partial charge in [-0.15, -0.1) is 10.2 Å². The van der Waals surface area contributed by atoms with Gasteiger partial charge in [-0.3, -0.25) is 4.79 Å². The quantitative estimate of drug-likeness (QED) is 0.453. The Kier molecular flexibility index (Phi) is 5.92. The highest BCUT2D eigenvalue weighted by atomic mass is 32.2. The molecule has 0 radical (unpaired) electrons. The molecule has 4 aromatic rings. The van der Waals surface area contributed by atoms with Crippen molar-refractivity contribution in [2.24, 2.45) is 7.05 Å². The molecular formula is C21H18N4O4S2. The monoisotopic (exact) mass is 454 g/mol. The lowest BCUT2D eigenvalue weighted by atomic mass is 10.2. The average Bonchev–Trinajstić information content (AvgIpc) is 3.39. The first-order valence-electron chi connectivity index (χ1n) is 9.20. The molecule has 1 N–H and O–H groups in total. The SMILES string of the molecule is Cn1cnnc1Sc1ccc(NC(=O)c2occc2CS(=O)(=O)c2ccccc2)cc1. The van der Waals surface area contributed by atoms with Gasteiger partial charge < -0.3 is 14.3 Å².